The van der Waals surface area contributed by atoms with Gasteiger partial charge in [-0.25, -0.2) is 9.78 Å². The number of aryl methyl sites for hydroxylation is 1. The van der Waals surface area contributed by atoms with Gasteiger partial charge >= 0.3 is 5.97 Å². The van der Waals surface area contributed by atoms with Crippen molar-refractivity contribution in [2.75, 3.05) is 13.7 Å². The van der Waals surface area contributed by atoms with E-state index in [-0.39, 0.29) is 5.97 Å². The van der Waals surface area contributed by atoms with Crippen LogP contribution in [0.25, 0.3) is 6.08 Å². The number of rotatable bonds is 10. The largest absolute Gasteiger partial charge is 0.497 e. The maximum absolute atomic E-state index is 11.9. The summed E-state index contributed by atoms with van der Waals surface area (Å²) in [6.45, 7) is 2.98. The van der Waals surface area contributed by atoms with E-state index >= 15 is 0 Å². The van der Waals surface area contributed by atoms with E-state index in [1.54, 1.807) is 13.3 Å². The van der Waals surface area contributed by atoms with E-state index in [1.165, 1.54) is 11.1 Å². The molecule has 1 aromatic heterocycles. The molecule has 0 atom stereocenters. The van der Waals surface area contributed by atoms with Crippen LogP contribution in [0.3, 0.4) is 0 Å². The number of esters is 1. The zero-order chi connectivity index (χ0) is 21.2. The summed E-state index contributed by atoms with van der Waals surface area (Å²) in [5.41, 5.74) is 4.26. The monoisotopic (exact) mass is 404 g/mol. The lowest BCUT2D eigenvalue weighted by Crippen LogP contribution is -2.04. The highest BCUT2D eigenvalue weighted by Crippen LogP contribution is 2.18. The van der Waals surface area contributed by atoms with Crippen molar-refractivity contribution in [2.24, 2.45) is 0 Å². The number of methoxy groups -OCH3 is 1. The lowest BCUT2D eigenvalue weighted by molar-refractivity contribution is 0.0526. The van der Waals surface area contributed by atoms with Crippen molar-refractivity contribution in [3.05, 3.63) is 89.5 Å². The Hall–Kier alpha value is -3.34. The standard InChI is InChI=1S/C25H28N2O3/c1-3-30-25(28)23-11-7-21(8-12-23)17-22(18-27-16-15-26-19-27)6-4-5-20-9-13-24(29-2)14-10-20/h7-17,19H,3-6,18H2,1-2H3/b22-17+. The number of imidazole rings is 1. The molecule has 5 nitrogen and oxygen atoms in total. The zero-order valence-electron chi connectivity index (χ0n) is 17.6. The quantitative estimate of drug-likeness (QED) is 0.437. The third-order valence-electron chi connectivity index (χ3n) is 4.86. The number of aromatic nitrogens is 2. The van der Waals surface area contributed by atoms with Crippen LogP contribution in [0.2, 0.25) is 0 Å². The van der Waals surface area contributed by atoms with Gasteiger partial charge in [0.2, 0.25) is 0 Å². The highest BCUT2D eigenvalue weighted by atomic mass is 16.5. The van der Waals surface area contributed by atoms with Crippen LogP contribution in [0.4, 0.5) is 0 Å². The number of carbonyl (C=O) groups excluding carboxylic acids is 1. The second-order valence-electron chi connectivity index (χ2n) is 7.08. The molecule has 0 N–H and O–H groups in total. The molecule has 0 saturated carbocycles. The molecule has 0 spiro atoms. The molecule has 0 radical (unpaired) electrons. The smallest absolute Gasteiger partial charge is 0.338 e. The second-order valence-corrected chi connectivity index (χ2v) is 7.08. The number of allylic oxidation sites excluding steroid dienone is 1. The molecule has 2 aromatic carbocycles. The van der Waals surface area contributed by atoms with Crippen LogP contribution in [-0.2, 0) is 17.7 Å². The average molecular weight is 405 g/mol. The average Bonchev–Trinajstić information content (AvgIpc) is 3.28. The van der Waals surface area contributed by atoms with Crippen LogP contribution in [0.1, 0.15) is 41.3 Å². The summed E-state index contributed by atoms with van der Waals surface area (Å²) in [6.07, 6.45) is 10.8. The SMILES string of the molecule is CCOC(=O)c1ccc(/C=C(\CCCc2ccc(OC)cc2)Cn2ccnc2)cc1. The fraction of sp³-hybridized carbons (Fsp3) is 0.280. The van der Waals surface area contributed by atoms with Crippen molar-refractivity contribution in [3.8, 4) is 5.75 Å². The summed E-state index contributed by atoms with van der Waals surface area (Å²) in [5.74, 6) is 0.594. The first-order valence-electron chi connectivity index (χ1n) is 10.2. The van der Waals surface area contributed by atoms with Crippen molar-refractivity contribution >= 4 is 12.0 Å². The summed E-state index contributed by atoms with van der Waals surface area (Å²) < 4.78 is 12.4. The van der Waals surface area contributed by atoms with Crippen molar-refractivity contribution in [2.45, 2.75) is 32.7 Å². The molecule has 3 rings (SSSR count). The fourth-order valence-electron chi connectivity index (χ4n) is 3.29. The van der Waals surface area contributed by atoms with E-state index in [1.807, 2.05) is 55.8 Å². The fourth-order valence-corrected chi connectivity index (χ4v) is 3.29. The van der Waals surface area contributed by atoms with Crippen LogP contribution in [0.15, 0.2) is 72.8 Å². The topological polar surface area (TPSA) is 53.4 Å². The van der Waals surface area contributed by atoms with Crippen LogP contribution in [0, 0.1) is 0 Å². The number of benzene rings is 2. The Balaban J connectivity index is 1.67. The molecule has 0 aliphatic heterocycles. The molecular weight excluding hydrogens is 376 g/mol. The maximum Gasteiger partial charge on any atom is 0.338 e. The maximum atomic E-state index is 11.9. The Labute approximate surface area is 178 Å². The minimum atomic E-state index is -0.286. The van der Waals surface area contributed by atoms with E-state index in [0.717, 1.165) is 37.1 Å². The summed E-state index contributed by atoms with van der Waals surface area (Å²) >= 11 is 0. The Bertz CT molecular complexity index is 943. The molecule has 3 aromatic rings. The van der Waals surface area contributed by atoms with Gasteiger partial charge in [0.15, 0.2) is 0 Å². The Morgan fingerprint density at radius 3 is 2.50 bits per heavy atom. The molecule has 5 heteroatoms. The molecule has 0 amide bonds. The summed E-state index contributed by atoms with van der Waals surface area (Å²) in [4.78, 5) is 16.0. The van der Waals surface area contributed by atoms with Gasteiger partial charge in [-0.2, -0.15) is 0 Å². The van der Waals surface area contributed by atoms with E-state index in [2.05, 4.69) is 27.8 Å². The summed E-state index contributed by atoms with van der Waals surface area (Å²) in [7, 11) is 1.68. The van der Waals surface area contributed by atoms with E-state index < -0.39 is 0 Å². The van der Waals surface area contributed by atoms with Crippen LogP contribution in [0.5, 0.6) is 5.75 Å². The van der Waals surface area contributed by atoms with Crippen molar-refractivity contribution < 1.29 is 14.3 Å². The molecule has 1 heterocycles. The van der Waals surface area contributed by atoms with Gasteiger partial charge in [0.25, 0.3) is 0 Å². The molecule has 0 bridgehead atoms. The Kier molecular flexibility index (Phi) is 7.84. The highest BCUT2D eigenvalue weighted by Gasteiger charge is 2.06. The van der Waals surface area contributed by atoms with Crippen molar-refractivity contribution in [1.82, 2.24) is 9.55 Å². The Morgan fingerprint density at radius 1 is 1.10 bits per heavy atom. The van der Waals surface area contributed by atoms with Gasteiger partial charge in [-0.3, -0.25) is 0 Å². The molecule has 30 heavy (non-hydrogen) atoms. The molecular formula is C25H28N2O3. The highest BCUT2D eigenvalue weighted by molar-refractivity contribution is 5.89. The first-order chi connectivity index (χ1) is 14.7. The molecule has 0 saturated heterocycles. The predicted molar refractivity (Wildman–Crippen MR) is 119 cm³/mol. The third kappa shape index (κ3) is 6.34. The van der Waals surface area contributed by atoms with Crippen LogP contribution >= 0.6 is 0 Å². The molecule has 0 unspecified atom stereocenters. The van der Waals surface area contributed by atoms with Gasteiger partial charge in [-0.15, -0.1) is 0 Å². The summed E-state index contributed by atoms with van der Waals surface area (Å²) in [6, 6.07) is 15.8. The number of carbonyl (C=O) groups is 1. The van der Waals surface area contributed by atoms with E-state index in [0.29, 0.717) is 12.2 Å². The zero-order valence-corrected chi connectivity index (χ0v) is 17.6. The predicted octanol–water partition coefficient (Wildman–Crippen LogP) is 5.17. The third-order valence-corrected chi connectivity index (χ3v) is 4.86. The van der Waals surface area contributed by atoms with Gasteiger partial charge < -0.3 is 14.0 Å². The molecule has 0 fully saturated rings. The molecule has 156 valence electrons. The first-order valence-corrected chi connectivity index (χ1v) is 10.2. The second kappa shape index (κ2) is 11.0. The van der Waals surface area contributed by atoms with E-state index in [4.69, 9.17) is 9.47 Å². The van der Waals surface area contributed by atoms with Crippen molar-refractivity contribution in [3.63, 3.8) is 0 Å². The van der Waals surface area contributed by atoms with Gasteiger partial charge in [-0.1, -0.05) is 30.3 Å². The number of nitrogens with zero attached hydrogens (tertiary/aromatic N) is 2. The lowest BCUT2D eigenvalue weighted by Gasteiger charge is -2.10. The lowest BCUT2D eigenvalue weighted by atomic mass is 10.0. The number of hydrogen-bond donors (Lipinski definition) is 0. The normalized spacial score (nSPS) is 11.3. The van der Waals surface area contributed by atoms with Gasteiger partial charge in [0, 0.05) is 18.9 Å². The van der Waals surface area contributed by atoms with Gasteiger partial charge in [0.1, 0.15) is 5.75 Å². The van der Waals surface area contributed by atoms with Crippen molar-refractivity contribution in [1.29, 1.82) is 0 Å². The van der Waals surface area contributed by atoms with Crippen LogP contribution in [-0.4, -0.2) is 29.2 Å². The number of hydrogen-bond acceptors (Lipinski definition) is 4. The minimum Gasteiger partial charge on any atom is -0.497 e. The first kappa shape index (κ1) is 21.4. The van der Waals surface area contributed by atoms with Gasteiger partial charge in [-0.05, 0) is 67.2 Å². The Morgan fingerprint density at radius 2 is 1.87 bits per heavy atom. The summed E-state index contributed by atoms with van der Waals surface area (Å²) in [5, 5.41) is 0. The van der Waals surface area contributed by atoms with Crippen LogP contribution < -0.4 is 4.74 Å². The number of ether oxygens (including phenoxy) is 2. The van der Waals surface area contributed by atoms with Gasteiger partial charge in [0.05, 0.1) is 25.6 Å². The van der Waals surface area contributed by atoms with E-state index in [9.17, 15) is 4.79 Å². The molecule has 0 aliphatic rings. The minimum absolute atomic E-state index is 0.286. The molecule has 0 aliphatic carbocycles.